The van der Waals surface area contributed by atoms with E-state index in [2.05, 4.69) is 27.7 Å². The highest BCUT2D eigenvalue weighted by molar-refractivity contribution is 5.71. The van der Waals surface area contributed by atoms with E-state index in [-0.39, 0.29) is 31.1 Å². The molecule has 0 aliphatic heterocycles. The van der Waals surface area contributed by atoms with Gasteiger partial charge in [0.1, 0.15) is 13.2 Å². The summed E-state index contributed by atoms with van der Waals surface area (Å²) in [4.78, 5) is 37.7. The molecule has 0 aromatic rings. The highest BCUT2D eigenvalue weighted by Gasteiger charge is 2.19. The van der Waals surface area contributed by atoms with Crippen molar-refractivity contribution in [1.82, 2.24) is 0 Å². The Morgan fingerprint density at radius 2 is 0.623 bits per heavy atom. The van der Waals surface area contributed by atoms with E-state index in [9.17, 15) is 14.4 Å². The van der Waals surface area contributed by atoms with Crippen molar-refractivity contribution in [2.24, 2.45) is 5.92 Å². The number of hydrogen-bond donors (Lipinski definition) is 0. The van der Waals surface area contributed by atoms with Crippen molar-refractivity contribution in [3.05, 3.63) is 0 Å². The minimum Gasteiger partial charge on any atom is -0.462 e. The van der Waals surface area contributed by atoms with Crippen LogP contribution in [0.2, 0.25) is 0 Å². The molecule has 6 heteroatoms. The SMILES string of the molecule is CCCCCCCCCCCCCCCC(=O)O[C@@H](COC(=O)CCCCCCCCCCCC)COC(=O)CCCCCCCCCCCC(C)C. The van der Waals surface area contributed by atoms with Gasteiger partial charge in [0, 0.05) is 19.3 Å². The molecule has 0 aromatic carbocycles. The molecule has 0 aliphatic rings. The summed E-state index contributed by atoms with van der Waals surface area (Å²) in [5, 5.41) is 0. The Bertz CT molecular complexity index is 796. The Hall–Kier alpha value is -1.59. The second-order valence-corrected chi connectivity index (χ2v) is 16.5. The summed E-state index contributed by atoms with van der Waals surface area (Å²) >= 11 is 0. The molecule has 0 N–H and O–H groups in total. The maximum absolute atomic E-state index is 12.7. The summed E-state index contributed by atoms with van der Waals surface area (Å²) in [6.07, 6.45) is 40.8. The van der Waals surface area contributed by atoms with Crippen LogP contribution in [0, 0.1) is 5.92 Å². The Morgan fingerprint density at radius 1 is 0.358 bits per heavy atom. The lowest BCUT2D eigenvalue weighted by Crippen LogP contribution is -2.30. The van der Waals surface area contributed by atoms with E-state index >= 15 is 0 Å². The first-order valence-electron chi connectivity index (χ1n) is 23.4. The van der Waals surface area contributed by atoms with Gasteiger partial charge in [0.25, 0.3) is 0 Å². The topological polar surface area (TPSA) is 78.9 Å². The van der Waals surface area contributed by atoms with Crippen LogP contribution in [0.15, 0.2) is 0 Å². The molecule has 0 radical (unpaired) electrons. The number of esters is 3. The van der Waals surface area contributed by atoms with Gasteiger partial charge >= 0.3 is 17.9 Å². The highest BCUT2D eigenvalue weighted by atomic mass is 16.6. The number of unbranched alkanes of at least 4 members (excludes halogenated alkanes) is 29. The monoisotopic (exact) mass is 751 g/mol. The van der Waals surface area contributed by atoms with E-state index in [4.69, 9.17) is 14.2 Å². The van der Waals surface area contributed by atoms with E-state index in [1.807, 2.05) is 0 Å². The zero-order valence-corrected chi connectivity index (χ0v) is 36.0. The van der Waals surface area contributed by atoms with Gasteiger partial charge in [-0.1, -0.05) is 220 Å². The van der Waals surface area contributed by atoms with Crippen LogP contribution in [0.25, 0.3) is 0 Å². The van der Waals surface area contributed by atoms with Crippen LogP contribution in [-0.4, -0.2) is 37.2 Å². The molecule has 0 unspecified atom stereocenters. The smallest absolute Gasteiger partial charge is 0.306 e. The predicted octanol–water partition coefficient (Wildman–Crippen LogP) is 14.7. The summed E-state index contributed by atoms with van der Waals surface area (Å²) in [5.41, 5.74) is 0. The number of hydrogen-bond acceptors (Lipinski definition) is 6. The van der Waals surface area contributed by atoms with E-state index in [1.54, 1.807) is 0 Å². The van der Waals surface area contributed by atoms with E-state index in [1.165, 1.54) is 154 Å². The quantitative estimate of drug-likeness (QED) is 0.0351. The van der Waals surface area contributed by atoms with Gasteiger partial charge in [-0.05, 0) is 25.2 Å². The third-order valence-corrected chi connectivity index (χ3v) is 10.5. The zero-order valence-electron chi connectivity index (χ0n) is 36.0. The van der Waals surface area contributed by atoms with Crippen molar-refractivity contribution in [1.29, 1.82) is 0 Å². The molecule has 0 saturated carbocycles. The van der Waals surface area contributed by atoms with Crippen LogP contribution in [0.1, 0.15) is 259 Å². The fourth-order valence-corrected chi connectivity index (χ4v) is 6.98. The first kappa shape index (κ1) is 51.4. The van der Waals surface area contributed by atoms with Gasteiger partial charge < -0.3 is 14.2 Å². The number of ether oxygens (including phenoxy) is 3. The summed E-state index contributed by atoms with van der Waals surface area (Å²) in [6.45, 7) is 8.97. The molecule has 0 amide bonds. The minimum absolute atomic E-state index is 0.0638. The summed E-state index contributed by atoms with van der Waals surface area (Å²) in [6, 6.07) is 0. The molecule has 53 heavy (non-hydrogen) atoms. The number of rotatable bonds is 42. The highest BCUT2D eigenvalue weighted by Crippen LogP contribution is 2.16. The van der Waals surface area contributed by atoms with Crippen molar-refractivity contribution < 1.29 is 28.6 Å². The Kier molecular flexibility index (Phi) is 40.3. The molecule has 0 fully saturated rings. The third-order valence-electron chi connectivity index (χ3n) is 10.5. The van der Waals surface area contributed by atoms with Gasteiger partial charge in [-0.15, -0.1) is 0 Å². The van der Waals surface area contributed by atoms with Crippen LogP contribution in [-0.2, 0) is 28.6 Å². The largest absolute Gasteiger partial charge is 0.462 e. The molecule has 1 atom stereocenters. The van der Waals surface area contributed by atoms with Crippen LogP contribution in [0.4, 0.5) is 0 Å². The molecule has 0 saturated heterocycles. The van der Waals surface area contributed by atoms with Gasteiger partial charge in [-0.3, -0.25) is 14.4 Å². The predicted molar refractivity (Wildman–Crippen MR) is 224 cm³/mol. The molecule has 0 bridgehead atoms. The third kappa shape index (κ3) is 41.4. The van der Waals surface area contributed by atoms with Gasteiger partial charge in [-0.25, -0.2) is 0 Å². The molecular formula is C47H90O6. The summed E-state index contributed by atoms with van der Waals surface area (Å²) in [5.74, 6) is -0.0452. The molecular weight excluding hydrogens is 661 g/mol. The first-order chi connectivity index (χ1) is 25.9. The van der Waals surface area contributed by atoms with Gasteiger partial charge in [0.15, 0.2) is 6.10 Å². The van der Waals surface area contributed by atoms with Crippen molar-refractivity contribution in [2.45, 2.75) is 265 Å². The fraction of sp³-hybridized carbons (Fsp3) is 0.936. The van der Waals surface area contributed by atoms with Crippen molar-refractivity contribution >= 4 is 17.9 Å². The van der Waals surface area contributed by atoms with Gasteiger partial charge in [0.2, 0.25) is 0 Å². The molecule has 0 spiro atoms. The number of carbonyl (C=O) groups excluding carboxylic acids is 3. The minimum atomic E-state index is -0.759. The lowest BCUT2D eigenvalue weighted by Gasteiger charge is -2.18. The van der Waals surface area contributed by atoms with Crippen molar-refractivity contribution in [2.75, 3.05) is 13.2 Å². The van der Waals surface area contributed by atoms with E-state index < -0.39 is 6.10 Å². The summed E-state index contributed by atoms with van der Waals surface area (Å²) < 4.78 is 16.7. The second kappa shape index (κ2) is 41.6. The Balaban J connectivity index is 4.32. The standard InChI is InChI=1S/C47H90O6/c1-5-7-9-11-13-15-17-18-19-23-28-32-36-40-47(50)53-44(41-51-45(48)38-34-30-26-22-16-14-12-10-8-6-2)42-52-46(49)39-35-31-27-24-20-21-25-29-33-37-43(3)4/h43-44H,5-42H2,1-4H3/t44-/m0/s1. The second-order valence-electron chi connectivity index (χ2n) is 16.5. The molecule has 0 aliphatic carbocycles. The summed E-state index contributed by atoms with van der Waals surface area (Å²) in [7, 11) is 0. The van der Waals surface area contributed by atoms with Gasteiger partial charge in [-0.2, -0.15) is 0 Å². The Morgan fingerprint density at radius 3 is 0.925 bits per heavy atom. The fourth-order valence-electron chi connectivity index (χ4n) is 6.98. The Labute approximate surface area is 329 Å². The molecule has 0 aromatic heterocycles. The van der Waals surface area contributed by atoms with E-state index in [0.717, 1.165) is 63.7 Å². The maximum atomic E-state index is 12.7. The van der Waals surface area contributed by atoms with Crippen LogP contribution in [0.5, 0.6) is 0 Å². The molecule has 314 valence electrons. The first-order valence-corrected chi connectivity index (χ1v) is 23.4. The number of carbonyl (C=O) groups is 3. The lowest BCUT2D eigenvalue weighted by molar-refractivity contribution is -0.167. The lowest BCUT2D eigenvalue weighted by atomic mass is 10.0. The molecule has 6 nitrogen and oxygen atoms in total. The van der Waals surface area contributed by atoms with Crippen LogP contribution < -0.4 is 0 Å². The molecule has 0 heterocycles. The normalized spacial score (nSPS) is 11.9. The van der Waals surface area contributed by atoms with Gasteiger partial charge in [0.05, 0.1) is 0 Å². The maximum Gasteiger partial charge on any atom is 0.306 e. The van der Waals surface area contributed by atoms with Crippen molar-refractivity contribution in [3.63, 3.8) is 0 Å². The van der Waals surface area contributed by atoms with Crippen LogP contribution >= 0.6 is 0 Å². The van der Waals surface area contributed by atoms with Crippen molar-refractivity contribution in [3.8, 4) is 0 Å². The molecule has 0 rings (SSSR count). The van der Waals surface area contributed by atoms with E-state index in [0.29, 0.717) is 19.3 Å². The van der Waals surface area contributed by atoms with Crippen LogP contribution in [0.3, 0.4) is 0 Å². The zero-order chi connectivity index (χ0) is 38.9. The average molecular weight is 751 g/mol. The average Bonchev–Trinajstić information content (AvgIpc) is 3.14.